The summed E-state index contributed by atoms with van der Waals surface area (Å²) in [5.41, 5.74) is 5.07. The lowest BCUT2D eigenvalue weighted by Gasteiger charge is -2.23. The van der Waals surface area contributed by atoms with Crippen LogP contribution >= 0.6 is 27.5 Å². The molecule has 5 rings (SSSR count). The van der Waals surface area contributed by atoms with E-state index in [2.05, 4.69) is 31.5 Å². The number of ether oxygens (including phenoxy) is 3. The highest BCUT2D eigenvalue weighted by atomic mass is 79.9. The molecule has 51 heavy (non-hydrogen) atoms. The van der Waals surface area contributed by atoms with Crippen LogP contribution in [-0.4, -0.2) is 97.2 Å². The third kappa shape index (κ3) is 10.9. The van der Waals surface area contributed by atoms with E-state index in [9.17, 15) is 20.1 Å². The molecule has 2 aliphatic heterocycles. The average molecular weight is 788 g/mol. The van der Waals surface area contributed by atoms with Gasteiger partial charge < -0.3 is 45.2 Å². The van der Waals surface area contributed by atoms with Crippen LogP contribution in [-0.2, 0) is 22.7 Å². The van der Waals surface area contributed by atoms with Crippen molar-refractivity contribution in [1.82, 2.24) is 10.2 Å². The van der Waals surface area contributed by atoms with Crippen LogP contribution < -0.4 is 20.1 Å². The quantitative estimate of drug-likeness (QED) is 0.0635. The number of nitrogens with zero attached hydrogens (tertiary/aromatic N) is 1. The third-order valence-electron chi connectivity index (χ3n) is 9.42. The number of benzene rings is 3. The highest BCUT2D eigenvalue weighted by Crippen LogP contribution is 2.38. The Kier molecular flexibility index (Phi) is 15.0. The number of hydrogen-bond acceptors (Lipinski definition) is 10. The molecule has 0 saturated carbocycles. The molecule has 0 amide bonds. The number of halogens is 2. The Labute approximate surface area is 312 Å². The Morgan fingerprint density at radius 1 is 1.08 bits per heavy atom. The zero-order chi connectivity index (χ0) is 36.2. The van der Waals surface area contributed by atoms with Crippen LogP contribution in [0, 0.1) is 11.3 Å². The first-order valence-electron chi connectivity index (χ1n) is 17.6. The topological polar surface area (TPSA) is 157 Å². The van der Waals surface area contributed by atoms with Crippen LogP contribution in [0.25, 0.3) is 11.1 Å². The van der Waals surface area contributed by atoms with Crippen LogP contribution in [0.3, 0.4) is 0 Å². The lowest BCUT2D eigenvalue weighted by molar-refractivity contribution is -0.140. The molecule has 3 aromatic carbocycles. The molecule has 11 nitrogen and oxygen atoms in total. The molecule has 2 aliphatic rings. The number of aliphatic hydroxyl groups excluding tert-OH is 2. The number of rotatable bonds is 19. The van der Waals surface area contributed by atoms with Gasteiger partial charge in [-0.2, -0.15) is 0 Å². The van der Waals surface area contributed by atoms with Crippen molar-refractivity contribution in [3.63, 3.8) is 0 Å². The van der Waals surface area contributed by atoms with Crippen LogP contribution in [0.1, 0.15) is 48.8 Å². The summed E-state index contributed by atoms with van der Waals surface area (Å²) in [7, 11) is 0. The standard InChI is InChI=1S/C38H48BrClN4O7/c39-37-26(5-3-7-30(37)29-6-4-8-33(31(29)19-41)42-12-1-2-13-44-14-9-28(46)21-44)24-51-36-18-35(50-23-25-10-15-49-16-11-25)27(17-32(36)40)20-43-34(22-45)38(47)48/h3-8,17-19,25,28,34,41-43,45-46H,1-2,9-16,20-24H2,(H,47,48)/t28-,34+/m1/s1. The van der Waals surface area contributed by atoms with Gasteiger partial charge in [-0.1, -0.05) is 41.9 Å². The third-order valence-corrected chi connectivity index (χ3v) is 10.6. The number of aliphatic hydroxyl groups is 2. The minimum absolute atomic E-state index is 0.126. The van der Waals surface area contributed by atoms with Gasteiger partial charge in [-0.15, -0.1) is 0 Å². The molecule has 2 saturated heterocycles. The van der Waals surface area contributed by atoms with Crippen LogP contribution in [0.4, 0.5) is 5.69 Å². The zero-order valence-corrected chi connectivity index (χ0v) is 31.1. The van der Waals surface area contributed by atoms with Crippen molar-refractivity contribution in [2.24, 2.45) is 5.92 Å². The van der Waals surface area contributed by atoms with Gasteiger partial charge >= 0.3 is 5.97 Å². The summed E-state index contributed by atoms with van der Waals surface area (Å²) in [5, 5.41) is 43.6. The lowest BCUT2D eigenvalue weighted by atomic mass is 9.97. The molecule has 0 aliphatic carbocycles. The Morgan fingerprint density at radius 2 is 1.86 bits per heavy atom. The molecule has 6 N–H and O–H groups in total. The Balaban J connectivity index is 1.28. The molecule has 276 valence electrons. The Bertz CT molecular complexity index is 1620. The first kappa shape index (κ1) is 39.0. The molecule has 0 spiro atoms. The number of nitrogens with one attached hydrogen (secondary N) is 3. The fourth-order valence-corrected chi connectivity index (χ4v) is 7.24. The summed E-state index contributed by atoms with van der Waals surface area (Å²) in [5.74, 6) is 0.127. The van der Waals surface area contributed by atoms with Gasteiger partial charge in [-0.05, 0) is 83.8 Å². The number of carbonyl (C=O) groups is 1. The van der Waals surface area contributed by atoms with Crippen LogP contribution in [0.15, 0.2) is 53.0 Å². The van der Waals surface area contributed by atoms with E-state index in [1.54, 1.807) is 12.1 Å². The van der Waals surface area contributed by atoms with Crippen molar-refractivity contribution >= 4 is 45.4 Å². The van der Waals surface area contributed by atoms with Crippen molar-refractivity contribution in [3.8, 4) is 22.6 Å². The number of anilines is 1. The van der Waals surface area contributed by atoms with Crippen molar-refractivity contribution in [3.05, 3.63) is 74.7 Å². The number of likely N-dealkylation sites (tertiary alicyclic amines) is 1. The van der Waals surface area contributed by atoms with E-state index in [0.29, 0.717) is 47.8 Å². The number of carboxylic acid groups (broad SMARTS) is 1. The number of β-amino-alcohol motifs (C(OH)–C–C–N with tert-alkyl or cyclic N) is 1. The van der Waals surface area contributed by atoms with E-state index >= 15 is 0 Å². The molecule has 0 bridgehead atoms. The molecule has 13 heteroatoms. The van der Waals surface area contributed by atoms with E-state index in [0.717, 1.165) is 90.7 Å². The van der Waals surface area contributed by atoms with Gasteiger partial charge in [0.2, 0.25) is 0 Å². The van der Waals surface area contributed by atoms with Crippen LogP contribution in [0.5, 0.6) is 11.5 Å². The maximum Gasteiger partial charge on any atom is 0.323 e. The molecule has 2 atom stereocenters. The first-order valence-corrected chi connectivity index (χ1v) is 18.7. The minimum Gasteiger partial charge on any atom is -0.493 e. The number of carboxylic acids is 1. The molecule has 0 radical (unpaired) electrons. The van der Waals surface area contributed by atoms with Gasteiger partial charge in [0.15, 0.2) is 0 Å². The number of hydrogen-bond donors (Lipinski definition) is 6. The minimum atomic E-state index is -1.15. The first-order chi connectivity index (χ1) is 24.8. The van der Waals surface area contributed by atoms with E-state index in [1.807, 2.05) is 36.4 Å². The van der Waals surface area contributed by atoms with Crippen LogP contribution in [0.2, 0.25) is 5.02 Å². The number of unbranched alkanes of at least 4 members (excludes halogenated alkanes) is 1. The molecular weight excluding hydrogens is 740 g/mol. The molecule has 3 aromatic rings. The van der Waals surface area contributed by atoms with E-state index in [1.165, 1.54) is 6.21 Å². The fraction of sp³-hybridized carbons (Fsp3) is 0.474. The largest absolute Gasteiger partial charge is 0.493 e. The summed E-state index contributed by atoms with van der Waals surface area (Å²) >= 11 is 10.5. The normalized spacial score (nSPS) is 17.3. The molecular formula is C38H48BrClN4O7. The maximum absolute atomic E-state index is 11.5. The fourth-order valence-electron chi connectivity index (χ4n) is 6.41. The van der Waals surface area contributed by atoms with Gasteiger partial charge in [0, 0.05) is 78.5 Å². The summed E-state index contributed by atoms with van der Waals surface area (Å²) < 4.78 is 18.9. The lowest BCUT2D eigenvalue weighted by Crippen LogP contribution is -2.39. The van der Waals surface area contributed by atoms with Gasteiger partial charge in [0.25, 0.3) is 0 Å². The second-order valence-electron chi connectivity index (χ2n) is 13.1. The Hall–Kier alpha value is -3.23. The number of aliphatic carboxylic acids is 1. The van der Waals surface area contributed by atoms with E-state index < -0.39 is 18.6 Å². The molecule has 0 unspecified atom stereocenters. The van der Waals surface area contributed by atoms with Gasteiger partial charge in [0.05, 0.1) is 24.3 Å². The second kappa shape index (κ2) is 19.6. The van der Waals surface area contributed by atoms with Gasteiger partial charge in [0.1, 0.15) is 24.1 Å². The van der Waals surface area contributed by atoms with Crippen molar-refractivity contribution < 1.29 is 34.3 Å². The molecule has 2 heterocycles. The zero-order valence-electron chi connectivity index (χ0n) is 28.7. The second-order valence-corrected chi connectivity index (χ2v) is 14.3. The molecule has 2 fully saturated rings. The predicted octanol–water partition coefficient (Wildman–Crippen LogP) is 5.95. The van der Waals surface area contributed by atoms with Crippen molar-refractivity contribution in [2.75, 3.05) is 57.9 Å². The van der Waals surface area contributed by atoms with Crippen molar-refractivity contribution in [2.45, 2.75) is 57.4 Å². The highest BCUT2D eigenvalue weighted by Gasteiger charge is 2.21. The summed E-state index contributed by atoms with van der Waals surface area (Å²) in [6.45, 7) is 5.11. The Morgan fingerprint density at radius 3 is 2.59 bits per heavy atom. The average Bonchev–Trinajstić information content (AvgIpc) is 3.56. The van der Waals surface area contributed by atoms with Gasteiger partial charge in [-0.25, -0.2) is 0 Å². The summed E-state index contributed by atoms with van der Waals surface area (Å²) in [6, 6.07) is 14.2. The monoisotopic (exact) mass is 786 g/mol. The maximum atomic E-state index is 11.5. The van der Waals surface area contributed by atoms with Gasteiger partial charge in [-0.3, -0.25) is 10.1 Å². The van der Waals surface area contributed by atoms with E-state index in [4.69, 9.17) is 31.2 Å². The smallest absolute Gasteiger partial charge is 0.323 e. The molecule has 0 aromatic heterocycles. The van der Waals surface area contributed by atoms with E-state index in [-0.39, 0.29) is 19.3 Å². The SMILES string of the molecule is N=Cc1c(NCCCCN2CC[C@@H](O)C2)cccc1-c1cccc(COc2cc(OCC3CCOCC3)c(CN[C@@H](CO)C(=O)O)cc2Cl)c1Br. The summed E-state index contributed by atoms with van der Waals surface area (Å²) in [6.07, 6.45) is 5.85. The summed E-state index contributed by atoms with van der Waals surface area (Å²) in [4.78, 5) is 13.8. The predicted molar refractivity (Wildman–Crippen MR) is 202 cm³/mol. The van der Waals surface area contributed by atoms with Crippen molar-refractivity contribution in [1.29, 1.82) is 5.41 Å². The highest BCUT2D eigenvalue weighted by molar-refractivity contribution is 9.10.